The van der Waals surface area contributed by atoms with Crippen LogP contribution in [0.25, 0.3) is 16.4 Å². The number of hydrogen-bond acceptors (Lipinski definition) is 4. The van der Waals surface area contributed by atoms with E-state index in [-0.39, 0.29) is 0 Å². The Labute approximate surface area is 132 Å². The number of thiophene rings is 1. The molecule has 21 heavy (non-hydrogen) atoms. The second-order valence-corrected chi connectivity index (χ2v) is 6.37. The lowest BCUT2D eigenvalue weighted by molar-refractivity contribution is 0.436. The lowest BCUT2D eigenvalue weighted by Gasteiger charge is -2.08. The molecule has 0 bridgehead atoms. The molecule has 0 saturated carbocycles. The van der Waals surface area contributed by atoms with Gasteiger partial charge in [0.05, 0.1) is 9.78 Å². The van der Waals surface area contributed by atoms with Crippen molar-refractivity contribution in [1.29, 1.82) is 0 Å². The Kier molecular flexibility index (Phi) is 4.18. The van der Waals surface area contributed by atoms with E-state index in [0.717, 1.165) is 21.3 Å². The Morgan fingerprint density at radius 2 is 2.10 bits per heavy atom. The quantitative estimate of drug-likeness (QED) is 0.666. The first-order valence-corrected chi connectivity index (χ1v) is 8.30. The molecule has 0 unspecified atom stereocenters. The average molecular weight is 314 g/mol. The molecule has 0 spiro atoms. The summed E-state index contributed by atoms with van der Waals surface area (Å²) >= 11 is 3.33. The Hall–Kier alpha value is -1.91. The van der Waals surface area contributed by atoms with E-state index in [9.17, 15) is 0 Å². The normalized spacial score (nSPS) is 13.8. The van der Waals surface area contributed by atoms with Crippen LogP contribution in [-0.4, -0.2) is 5.75 Å². The van der Waals surface area contributed by atoms with Crippen LogP contribution < -0.4 is 0 Å². The van der Waals surface area contributed by atoms with Gasteiger partial charge in [-0.15, -0.1) is 23.1 Å². The number of rotatable bonds is 5. The molecule has 3 rings (SSSR count). The summed E-state index contributed by atoms with van der Waals surface area (Å²) in [6.07, 6.45) is 6.20. The summed E-state index contributed by atoms with van der Waals surface area (Å²) in [5.74, 6) is 3.48. The van der Waals surface area contributed by atoms with Gasteiger partial charge in [0.1, 0.15) is 11.5 Å². The van der Waals surface area contributed by atoms with E-state index < -0.39 is 0 Å². The second kappa shape index (κ2) is 6.24. The molecular formula is C17H14O2S2. The largest absolute Gasteiger partial charge is 0.453 e. The van der Waals surface area contributed by atoms with E-state index in [1.165, 1.54) is 0 Å². The first kappa shape index (κ1) is 14.0. The van der Waals surface area contributed by atoms with Crippen molar-refractivity contribution in [3.8, 4) is 0 Å². The third kappa shape index (κ3) is 3.23. The van der Waals surface area contributed by atoms with Gasteiger partial charge in [-0.1, -0.05) is 31.4 Å². The molecule has 0 atom stereocenters. The predicted octanol–water partition coefficient (Wildman–Crippen LogP) is 5.64. The van der Waals surface area contributed by atoms with E-state index in [4.69, 9.17) is 9.15 Å². The summed E-state index contributed by atoms with van der Waals surface area (Å²) in [5.41, 5.74) is 0. The van der Waals surface area contributed by atoms with Crippen LogP contribution in [0.5, 0.6) is 0 Å². The average Bonchev–Trinajstić information content (AvgIpc) is 3.20. The van der Waals surface area contributed by atoms with Crippen molar-refractivity contribution in [2.75, 3.05) is 5.75 Å². The van der Waals surface area contributed by atoms with Crippen LogP contribution in [0.2, 0.25) is 0 Å². The van der Waals surface area contributed by atoms with Crippen molar-refractivity contribution in [2.45, 2.75) is 0 Å². The highest BCUT2D eigenvalue weighted by atomic mass is 32.2. The van der Waals surface area contributed by atoms with E-state index in [1.807, 2.05) is 41.8 Å². The zero-order valence-corrected chi connectivity index (χ0v) is 13.0. The van der Waals surface area contributed by atoms with Crippen molar-refractivity contribution < 1.29 is 9.15 Å². The molecular weight excluding hydrogens is 300 g/mol. The minimum atomic E-state index is 0.469. The molecule has 0 N–H and O–H groups in total. The number of hydrogen-bond donors (Lipinski definition) is 0. The van der Waals surface area contributed by atoms with Crippen molar-refractivity contribution >= 4 is 39.5 Å². The third-order valence-corrected chi connectivity index (χ3v) is 4.80. The van der Waals surface area contributed by atoms with E-state index in [0.29, 0.717) is 17.3 Å². The maximum Gasteiger partial charge on any atom is 0.169 e. The predicted molar refractivity (Wildman–Crippen MR) is 91.8 cm³/mol. The molecule has 2 nitrogen and oxygen atoms in total. The number of allylic oxidation sites excluding steroid dienone is 2. The number of ether oxygens (including phenoxy) is 1. The molecule has 0 amide bonds. The highest BCUT2D eigenvalue weighted by Crippen LogP contribution is 2.33. The molecule has 3 heterocycles. The van der Waals surface area contributed by atoms with Gasteiger partial charge in [-0.25, -0.2) is 0 Å². The molecule has 1 aliphatic rings. The summed E-state index contributed by atoms with van der Waals surface area (Å²) in [5, 5.41) is 1.98. The molecule has 0 radical (unpaired) electrons. The monoisotopic (exact) mass is 314 g/mol. The van der Waals surface area contributed by atoms with Crippen LogP contribution in [0.15, 0.2) is 65.4 Å². The van der Waals surface area contributed by atoms with Gasteiger partial charge in [0.15, 0.2) is 11.5 Å². The fraction of sp³-hybridized carbons (Fsp3) is 0.0588. The van der Waals surface area contributed by atoms with Gasteiger partial charge in [0.2, 0.25) is 0 Å². The van der Waals surface area contributed by atoms with Crippen molar-refractivity contribution in [1.82, 2.24) is 0 Å². The van der Waals surface area contributed by atoms with E-state index in [1.54, 1.807) is 23.1 Å². The van der Waals surface area contributed by atoms with Crippen molar-refractivity contribution in [2.24, 2.45) is 0 Å². The number of furan rings is 1. The van der Waals surface area contributed by atoms with Crippen LogP contribution in [0.1, 0.15) is 16.4 Å². The molecule has 0 fully saturated rings. The summed E-state index contributed by atoms with van der Waals surface area (Å²) in [4.78, 5) is 2.10. The van der Waals surface area contributed by atoms with Crippen molar-refractivity contribution in [3.63, 3.8) is 0 Å². The SMILES string of the molecule is C=C(OC(=C)c1cccs1)c1ccc(C2=CC=CCS2)o1. The molecule has 106 valence electrons. The highest BCUT2D eigenvalue weighted by molar-refractivity contribution is 8.08. The van der Waals surface area contributed by atoms with Gasteiger partial charge in [-0.2, -0.15) is 0 Å². The van der Waals surface area contributed by atoms with Gasteiger partial charge in [-0.3, -0.25) is 0 Å². The van der Waals surface area contributed by atoms with Gasteiger partial charge in [0.25, 0.3) is 0 Å². The Morgan fingerprint density at radius 3 is 2.81 bits per heavy atom. The summed E-state index contributed by atoms with van der Waals surface area (Å²) in [6.45, 7) is 7.84. The Bertz CT molecular complexity index is 718. The fourth-order valence-electron chi connectivity index (χ4n) is 1.86. The number of thioether (sulfide) groups is 1. The van der Waals surface area contributed by atoms with E-state index in [2.05, 4.69) is 19.2 Å². The standard InChI is InChI=1S/C17H14O2S2/c1-12(18-13(2)16-7-5-11-20-16)14-8-9-15(19-14)17-6-3-4-10-21-17/h3-9,11H,1-2,10H2. The lowest BCUT2D eigenvalue weighted by Crippen LogP contribution is -1.87. The topological polar surface area (TPSA) is 22.4 Å². The second-order valence-electron chi connectivity index (χ2n) is 4.36. The zero-order valence-electron chi connectivity index (χ0n) is 11.4. The molecule has 0 saturated heterocycles. The van der Waals surface area contributed by atoms with Gasteiger partial charge < -0.3 is 9.15 Å². The first-order chi connectivity index (χ1) is 10.2. The molecule has 2 aromatic rings. The zero-order chi connectivity index (χ0) is 14.7. The summed E-state index contributed by atoms with van der Waals surface area (Å²) in [6, 6.07) is 7.74. The van der Waals surface area contributed by atoms with Crippen molar-refractivity contribution in [3.05, 3.63) is 77.4 Å². The van der Waals surface area contributed by atoms with Gasteiger partial charge in [-0.05, 0) is 29.7 Å². The molecule has 4 heteroatoms. The molecule has 2 aromatic heterocycles. The van der Waals surface area contributed by atoms with E-state index >= 15 is 0 Å². The third-order valence-electron chi connectivity index (χ3n) is 2.88. The van der Waals surface area contributed by atoms with Crippen LogP contribution in [0.3, 0.4) is 0 Å². The van der Waals surface area contributed by atoms with Gasteiger partial charge in [0, 0.05) is 5.75 Å². The summed E-state index contributed by atoms with van der Waals surface area (Å²) in [7, 11) is 0. The minimum absolute atomic E-state index is 0.469. The highest BCUT2D eigenvalue weighted by Gasteiger charge is 2.13. The maximum atomic E-state index is 5.82. The maximum absolute atomic E-state index is 5.82. The fourth-order valence-corrected chi connectivity index (χ4v) is 3.30. The smallest absolute Gasteiger partial charge is 0.169 e. The molecule has 0 aromatic carbocycles. The first-order valence-electron chi connectivity index (χ1n) is 6.44. The Morgan fingerprint density at radius 1 is 1.19 bits per heavy atom. The molecule has 1 aliphatic heterocycles. The van der Waals surface area contributed by atoms with Crippen LogP contribution in [-0.2, 0) is 4.74 Å². The van der Waals surface area contributed by atoms with Crippen LogP contribution >= 0.6 is 23.1 Å². The summed E-state index contributed by atoms with van der Waals surface area (Å²) < 4.78 is 11.5. The van der Waals surface area contributed by atoms with Crippen LogP contribution in [0, 0.1) is 0 Å². The van der Waals surface area contributed by atoms with Crippen LogP contribution in [0.4, 0.5) is 0 Å². The Balaban J connectivity index is 1.71. The van der Waals surface area contributed by atoms with Gasteiger partial charge >= 0.3 is 0 Å². The molecule has 0 aliphatic carbocycles. The lowest BCUT2D eigenvalue weighted by atomic mass is 10.3. The minimum Gasteiger partial charge on any atom is -0.453 e.